The largest absolute Gasteiger partial charge is 0.313 e. The zero-order valence-corrected chi connectivity index (χ0v) is 28.7. The number of aryl methyl sites for hydroxylation is 2. The Morgan fingerprint density at radius 3 is 1.13 bits per heavy atom. The third-order valence-corrected chi connectivity index (χ3v) is 10.8. The molecule has 0 fully saturated rings. The van der Waals surface area contributed by atoms with E-state index >= 15 is 0 Å². The number of nitrogens with zero attached hydrogens (tertiary/aromatic N) is 6. The van der Waals surface area contributed by atoms with Crippen molar-refractivity contribution in [2.75, 3.05) is 0 Å². The maximum absolute atomic E-state index is 5.23. The summed E-state index contributed by atoms with van der Waals surface area (Å²) in [7, 11) is 4.23. The van der Waals surface area contributed by atoms with Crippen molar-refractivity contribution in [3.63, 3.8) is 0 Å². The quantitative estimate of drug-likeness (QED) is 0.187. The molecule has 246 valence electrons. The van der Waals surface area contributed by atoms with E-state index in [1.54, 1.807) is 0 Å². The molecule has 0 bridgehead atoms. The average Bonchev–Trinajstić information content (AvgIpc) is 3.91. The van der Waals surface area contributed by atoms with Crippen LogP contribution in [0.4, 0.5) is 0 Å². The predicted octanol–water partition coefficient (Wildman–Crippen LogP) is 11.0. The van der Waals surface area contributed by atoms with E-state index in [2.05, 4.69) is 190 Å². The molecule has 0 amide bonds. The summed E-state index contributed by atoms with van der Waals surface area (Å²) >= 11 is 0. The van der Waals surface area contributed by atoms with Gasteiger partial charge < -0.3 is 9.13 Å². The van der Waals surface area contributed by atoms with Gasteiger partial charge in [0.05, 0.1) is 44.1 Å². The highest BCUT2D eigenvalue weighted by Gasteiger charge is 2.23. The van der Waals surface area contributed by atoms with E-state index in [4.69, 9.17) is 9.97 Å². The molecular formula is C46H32N6. The van der Waals surface area contributed by atoms with Gasteiger partial charge in [-0.1, -0.05) is 97.1 Å². The highest BCUT2D eigenvalue weighted by Crippen LogP contribution is 2.42. The summed E-state index contributed by atoms with van der Waals surface area (Å²) < 4.78 is 9.11. The van der Waals surface area contributed by atoms with Gasteiger partial charge in [-0.15, -0.1) is 0 Å². The van der Waals surface area contributed by atoms with E-state index in [9.17, 15) is 0 Å². The number of fused-ring (bicyclic) bond motifs is 8. The van der Waals surface area contributed by atoms with Crippen LogP contribution >= 0.6 is 0 Å². The van der Waals surface area contributed by atoms with E-state index in [0.29, 0.717) is 0 Å². The van der Waals surface area contributed by atoms with E-state index < -0.39 is 0 Å². The minimum atomic E-state index is 0.886. The lowest BCUT2D eigenvalue weighted by Crippen LogP contribution is -2.03. The Morgan fingerprint density at radius 2 is 0.712 bits per heavy atom. The molecule has 0 aliphatic heterocycles. The van der Waals surface area contributed by atoms with Gasteiger partial charge in [0, 0.05) is 35.6 Å². The second-order valence-corrected chi connectivity index (χ2v) is 13.7. The molecule has 0 radical (unpaired) electrons. The molecule has 6 heteroatoms. The van der Waals surface area contributed by atoms with Gasteiger partial charge in [-0.25, -0.2) is 9.97 Å². The van der Waals surface area contributed by atoms with Crippen molar-refractivity contribution in [1.29, 1.82) is 0 Å². The lowest BCUT2D eigenvalue weighted by atomic mass is 10.0. The number of para-hydroxylation sites is 4. The Morgan fingerprint density at radius 1 is 0.327 bits per heavy atom. The molecule has 11 rings (SSSR count). The van der Waals surface area contributed by atoms with E-state index in [0.717, 1.165) is 56.0 Å². The molecule has 0 unspecified atom stereocenters. The number of benzene rings is 7. The topological polar surface area (TPSA) is 45.5 Å². The van der Waals surface area contributed by atoms with Crippen LogP contribution in [0.1, 0.15) is 0 Å². The SMILES string of the molecule is Cn1c(-n2c3ccc(-c4ccccc4)cc3c3cc4c(cc32)c2cc(-c3ccccc3)ccc2n4-c2nc3ccccc3n2C)nc2ccccc21. The Labute approximate surface area is 299 Å². The molecule has 0 aliphatic rings. The van der Waals surface area contributed by atoms with Crippen molar-refractivity contribution in [3.8, 4) is 34.2 Å². The van der Waals surface area contributed by atoms with Crippen LogP contribution in [-0.4, -0.2) is 28.2 Å². The number of hydrogen-bond acceptors (Lipinski definition) is 2. The zero-order valence-electron chi connectivity index (χ0n) is 28.7. The summed E-state index contributed by atoms with van der Waals surface area (Å²) in [5, 5.41) is 4.69. The molecule has 0 saturated carbocycles. The molecule has 6 nitrogen and oxygen atoms in total. The van der Waals surface area contributed by atoms with Crippen LogP contribution in [0, 0.1) is 0 Å². The average molecular weight is 669 g/mol. The van der Waals surface area contributed by atoms with Crippen LogP contribution in [0.15, 0.2) is 158 Å². The van der Waals surface area contributed by atoms with Crippen LogP contribution in [0.5, 0.6) is 0 Å². The lowest BCUT2D eigenvalue weighted by Gasteiger charge is -2.09. The molecule has 4 aromatic heterocycles. The van der Waals surface area contributed by atoms with Gasteiger partial charge >= 0.3 is 0 Å². The molecule has 0 spiro atoms. The summed E-state index contributed by atoms with van der Waals surface area (Å²) in [4.78, 5) is 10.5. The van der Waals surface area contributed by atoms with Gasteiger partial charge in [0.25, 0.3) is 0 Å². The highest BCUT2D eigenvalue weighted by molar-refractivity contribution is 6.19. The van der Waals surface area contributed by atoms with Gasteiger partial charge in [0.2, 0.25) is 11.9 Å². The first kappa shape index (κ1) is 28.9. The molecule has 0 saturated heterocycles. The van der Waals surface area contributed by atoms with Crippen LogP contribution in [0.3, 0.4) is 0 Å². The van der Waals surface area contributed by atoms with Crippen LogP contribution in [0.25, 0.3) is 99.8 Å². The second kappa shape index (κ2) is 10.8. The first-order valence-electron chi connectivity index (χ1n) is 17.6. The minimum Gasteiger partial charge on any atom is -0.313 e. The normalized spacial score (nSPS) is 12.0. The minimum absolute atomic E-state index is 0.886. The van der Waals surface area contributed by atoms with Gasteiger partial charge in [0.1, 0.15) is 0 Å². The van der Waals surface area contributed by atoms with E-state index in [-0.39, 0.29) is 0 Å². The molecular weight excluding hydrogens is 637 g/mol. The first-order valence-corrected chi connectivity index (χ1v) is 17.6. The fourth-order valence-electron chi connectivity index (χ4n) is 8.25. The number of rotatable bonds is 4. The third-order valence-electron chi connectivity index (χ3n) is 10.8. The Kier molecular flexibility index (Phi) is 5.99. The van der Waals surface area contributed by atoms with E-state index in [1.807, 2.05) is 0 Å². The van der Waals surface area contributed by atoms with Gasteiger partial charge in [0.15, 0.2) is 0 Å². The maximum Gasteiger partial charge on any atom is 0.215 e. The lowest BCUT2D eigenvalue weighted by molar-refractivity contribution is 0.868. The standard InChI is InChI=1S/C46H32N6/c1-49-41-19-11-9-17-37(41)47-45(49)51-39-23-21-31(29-13-5-3-6-14-29)25-33(39)35-28-44-36(27-43(35)51)34-26-32(30-15-7-4-8-16-30)22-24-40(34)52(44)46-48-38-18-10-12-20-42(38)50(46)2/h3-28H,1-2H3. The summed E-state index contributed by atoms with van der Waals surface area (Å²) in [5.74, 6) is 1.77. The Balaban J connectivity index is 1.30. The monoisotopic (exact) mass is 668 g/mol. The van der Waals surface area contributed by atoms with Gasteiger partial charge in [-0.2, -0.15) is 0 Å². The Hall–Kier alpha value is -6.92. The van der Waals surface area contributed by atoms with Crippen molar-refractivity contribution < 1.29 is 0 Å². The Bertz CT molecular complexity index is 2980. The molecule has 0 aliphatic carbocycles. The fourth-order valence-corrected chi connectivity index (χ4v) is 8.25. The van der Waals surface area contributed by atoms with Crippen LogP contribution < -0.4 is 0 Å². The summed E-state index contributed by atoms with van der Waals surface area (Å²) in [5.41, 5.74) is 13.3. The van der Waals surface area contributed by atoms with Gasteiger partial charge in [-0.05, 0) is 82.9 Å². The number of aromatic nitrogens is 6. The van der Waals surface area contributed by atoms with Crippen molar-refractivity contribution >= 4 is 65.7 Å². The van der Waals surface area contributed by atoms with Gasteiger partial charge in [-0.3, -0.25) is 9.13 Å². The van der Waals surface area contributed by atoms with Crippen LogP contribution in [-0.2, 0) is 14.1 Å². The molecule has 7 aromatic carbocycles. The van der Waals surface area contributed by atoms with Crippen molar-refractivity contribution in [2.45, 2.75) is 0 Å². The van der Waals surface area contributed by atoms with E-state index in [1.165, 1.54) is 43.8 Å². The molecule has 0 atom stereocenters. The second-order valence-electron chi connectivity index (χ2n) is 13.7. The highest BCUT2D eigenvalue weighted by atomic mass is 15.2. The van der Waals surface area contributed by atoms with Crippen molar-refractivity contribution in [2.24, 2.45) is 14.1 Å². The predicted molar refractivity (Wildman–Crippen MR) is 215 cm³/mol. The summed E-state index contributed by atoms with van der Waals surface area (Å²) in [6, 6.07) is 56.4. The van der Waals surface area contributed by atoms with Crippen LogP contribution in [0.2, 0.25) is 0 Å². The number of hydrogen-bond donors (Lipinski definition) is 0. The molecule has 0 N–H and O–H groups in total. The van der Waals surface area contributed by atoms with Crippen molar-refractivity contribution in [3.05, 3.63) is 158 Å². The van der Waals surface area contributed by atoms with Crippen molar-refractivity contribution in [1.82, 2.24) is 28.2 Å². The molecule has 52 heavy (non-hydrogen) atoms. The smallest absolute Gasteiger partial charge is 0.215 e. The zero-order chi connectivity index (χ0) is 34.5. The summed E-state index contributed by atoms with van der Waals surface area (Å²) in [6.07, 6.45) is 0. The number of imidazole rings is 2. The third kappa shape index (κ3) is 4.06. The first-order chi connectivity index (χ1) is 25.6. The summed E-state index contributed by atoms with van der Waals surface area (Å²) in [6.45, 7) is 0. The molecule has 4 heterocycles. The fraction of sp³-hybridized carbons (Fsp3) is 0.0435. The maximum atomic E-state index is 5.23. The molecule has 11 aromatic rings.